The Balaban J connectivity index is 0.000000219. The van der Waals surface area contributed by atoms with Crippen molar-refractivity contribution in [3.63, 3.8) is 0 Å². The minimum absolute atomic E-state index is 0.329. The van der Waals surface area contributed by atoms with Gasteiger partial charge >= 0.3 is 11.7 Å². The molecule has 3 N–H and O–H groups in total. The third-order valence-electron chi connectivity index (χ3n) is 5.49. The number of nitrogens with one attached hydrogen (secondary N) is 2. The maximum Gasteiger partial charge on any atom is 0.344 e. The molecule has 3 aromatic heterocycles. The molecular weight excluding hydrogens is 427 g/mol. The van der Waals surface area contributed by atoms with E-state index in [1.54, 1.807) is 18.5 Å². The summed E-state index contributed by atoms with van der Waals surface area (Å²) in [5, 5.41) is 8.47. The standard InChI is InChI=1S/C15H9FN6O.C8H14O2/c16-10-1-2-11-12(3-10)22-14(21-11)9-4-17-13(18-5-9)8-6-19-15(23)20-7-8;9-8(10)6-7-4-2-1-3-5-7/h1-7H,(H,21,22)(H,19,20,23);7H,1-6H2,(H,9,10). The van der Waals surface area contributed by atoms with Crippen LogP contribution >= 0.6 is 0 Å². The maximum atomic E-state index is 13.2. The Labute approximate surface area is 188 Å². The molecule has 0 radical (unpaired) electrons. The van der Waals surface area contributed by atoms with E-state index in [4.69, 9.17) is 5.11 Å². The Bertz CT molecular complexity index is 1280. The Kier molecular flexibility index (Phi) is 6.82. The second-order valence-corrected chi connectivity index (χ2v) is 7.95. The zero-order chi connectivity index (χ0) is 23.2. The summed E-state index contributed by atoms with van der Waals surface area (Å²) in [6.45, 7) is 0. The number of nitrogens with zero attached hydrogens (tertiary/aromatic N) is 4. The van der Waals surface area contributed by atoms with Gasteiger partial charge in [0, 0.05) is 31.2 Å². The van der Waals surface area contributed by atoms with Crippen molar-refractivity contribution in [2.75, 3.05) is 0 Å². The summed E-state index contributed by atoms with van der Waals surface area (Å²) in [4.78, 5) is 43.2. The first-order valence-electron chi connectivity index (χ1n) is 10.7. The summed E-state index contributed by atoms with van der Waals surface area (Å²) in [6, 6.07) is 4.34. The van der Waals surface area contributed by atoms with Crippen molar-refractivity contribution in [1.82, 2.24) is 29.9 Å². The van der Waals surface area contributed by atoms with Crippen LogP contribution in [0.4, 0.5) is 4.39 Å². The number of rotatable bonds is 4. The van der Waals surface area contributed by atoms with Crippen molar-refractivity contribution >= 4 is 17.0 Å². The number of imidazole rings is 1. The molecule has 0 aliphatic heterocycles. The topological polar surface area (TPSA) is 138 Å². The molecule has 4 aromatic rings. The second-order valence-electron chi connectivity index (χ2n) is 7.95. The Hall–Kier alpha value is -3.95. The number of H-pyrrole nitrogens is 2. The van der Waals surface area contributed by atoms with Crippen molar-refractivity contribution in [3.05, 3.63) is 59.3 Å². The van der Waals surface area contributed by atoms with E-state index in [0.717, 1.165) is 12.8 Å². The molecule has 0 bridgehead atoms. The fraction of sp³-hybridized carbons (Fsp3) is 0.304. The van der Waals surface area contributed by atoms with Gasteiger partial charge < -0.3 is 15.1 Å². The Morgan fingerprint density at radius 2 is 1.79 bits per heavy atom. The highest BCUT2D eigenvalue weighted by atomic mass is 19.1. The van der Waals surface area contributed by atoms with Gasteiger partial charge in [0.2, 0.25) is 0 Å². The third kappa shape index (κ3) is 5.85. The summed E-state index contributed by atoms with van der Waals surface area (Å²) in [6.07, 6.45) is 12.5. The monoisotopic (exact) mass is 450 g/mol. The van der Waals surface area contributed by atoms with Gasteiger partial charge in [0.25, 0.3) is 0 Å². The molecule has 1 fully saturated rings. The fourth-order valence-electron chi connectivity index (χ4n) is 3.82. The van der Waals surface area contributed by atoms with Gasteiger partial charge in [-0.1, -0.05) is 19.3 Å². The number of carbonyl (C=O) groups is 1. The molecule has 0 atom stereocenters. The summed E-state index contributed by atoms with van der Waals surface area (Å²) >= 11 is 0. The van der Waals surface area contributed by atoms with Crippen LogP contribution in [0.1, 0.15) is 38.5 Å². The van der Waals surface area contributed by atoms with Crippen LogP contribution in [-0.2, 0) is 4.79 Å². The summed E-state index contributed by atoms with van der Waals surface area (Å²) < 4.78 is 13.2. The van der Waals surface area contributed by atoms with E-state index in [9.17, 15) is 14.0 Å². The summed E-state index contributed by atoms with van der Waals surface area (Å²) in [7, 11) is 0. The zero-order valence-corrected chi connectivity index (χ0v) is 17.8. The van der Waals surface area contributed by atoms with Crippen LogP contribution in [0.3, 0.4) is 0 Å². The number of benzene rings is 1. The average molecular weight is 450 g/mol. The molecular formula is C23H23FN6O3. The number of carboxylic acid groups (broad SMARTS) is 1. The van der Waals surface area contributed by atoms with E-state index < -0.39 is 11.7 Å². The molecule has 170 valence electrons. The van der Waals surface area contributed by atoms with E-state index >= 15 is 0 Å². The van der Waals surface area contributed by atoms with Crippen molar-refractivity contribution in [2.24, 2.45) is 5.92 Å². The van der Waals surface area contributed by atoms with Crippen LogP contribution in [0.15, 0.2) is 47.8 Å². The van der Waals surface area contributed by atoms with Crippen molar-refractivity contribution in [2.45, 2.75) is 38.5 Å². The SMILES string of the molecule is O=C(O)CC1CCCCC1.O=c1ncc(-c2ncc(-c3nc4ccc(F)cc4[nH]3)cn2)c[nH]1. The smallest absolute Gasteiger partial charge is 0.344 e. The molecule has 5 rings (SSSR count). The second kappa shape index (κ2) is 10.1. The highest BCUT2D eigenvalue weighted by molar-refractivity contribution is 5.79. The first-order chi connectivity index (χ1) is 16.0. The summed E-state index contributed by atoms with van der Waals surface area (Å²) in [5.41, 5.74) is 2.11. The van der Waals surface area contributed by atoms with Crippen LogP contribution in [-0.4, -0.2) is 41.0 Å². The number of halogens is 1. The molecule has 0 amide bonds. The molecule has 0 saturated heterocycles. The quantitative estimate of drug-likeness (QED) is 0.428. The highest BCUT2D eigenvalue weighted by Crippen LogP contribution is 2.26. The highest BCUT2D eigenvalue weighted by Gasteiger charge is 2.15. The van der Waals surface area contributed by atoms with Crippen molar-refractivity contribution in [1.29, 1.82) is 0 Å². The fourth-order valence-corrected chi connectivity index (χ4v) is 3.82. The van der Waals surface area contributed by atoms with Crippen molar-refractivity contribution in [3.8, 4) is 22.8 Å². The number of aromatic nitrogens is 6. The molecule has 3 heterocycles. The molecule has 0 unspecified atom stereocenters. The molecule has 33 heavy (non-hydrogen) atoms. The normalized spacial score (nSPS) is 14.0. The third-order valence-corrected chi connectivity index (χ3v) is 5.49. The van der Waals surface area contributed by atoms with Crippen molar-refractivity contribution < 1.29 is 14.3 Å². The number of hydrogen-bond acceptors (Lipinski definition) is 6. The van der Waals surface area contributed by atoms with Gasteiger partial charge in [0.1, 0.15) is 11.6 Å². The lowest BCUT2D eigenvalue weighted by molar-refractivity contribution is -0.138. The lowest BCUT2D eigenvalue weighted by Gasteiger charge is -2.18. The Morgan fingerprint density at radius 1 is 1.06 bits per heavy atom. The number of aliphatic carboxylic acids is 1. The number of fused-ring (bicyclic) bond motifs is 1. The minimum atomic E-state index is -0.632. The van der Waals surface area contributed by atoms with E-state index in [0.29, 0.717) is 46.1 Å². The zero-order valence-electron chi connectivity index (χ0n) is 17.8. The van der Waals surface area contributed by atoms with Gasteiger partial charge in [0.15, 0.2) is 5.82 Å². The summed E-state index contributed by atoms with van der Waals surface area (Å²) in [5.74, 6) is 0.499. The van der Waals surface area contributed by atoms with Gasteiger partial charge in [-0.25, -0.2) is 29.1 Å². The molecule has 1 saturated carbocycles. The maximum absolute atomic E-state index is 13.2. The predicted molar refractivity (Wildman–Crippen MR) is 120 cm³/mol. The van der Waals surface area contributed by atoms with Crippen LogP contribution in [0, 0.1) is 11.7 Å². The first kappa shape index (κ1) is 22.3. The average Bonchev–Trinajstić information content (AvgIpc) is 3.24. The van der Waals surface area contributed by atoms with E-state index in [-0.39, 0.29) is 5.82 Å². The molecule has 0 spiro atoms. The number of hydrogen-bond donors (Lipinski definition) is 3. The Morgan fingerprint density at radius 3 is 2.45 bits per heavy atom. The molecule has 1 aliphatic rings. The molecule has 1 aromatic carbocycles. The number of carboxylic acids is 1. The van der Waals surface area contributed by atoms with Gasteiger partial charge in [-0.3, -0.25) is 4.79 Å². The van der Waals surface area contributed by atoms with Gasteiger partial charge in [-0.2, -0.15) is 0 Å². The molecule has 9 nitrogen and oxygen atoms in total. The lowest BCUT2D eigenvalue weighted by atomic mass is 9.87. The van der Waals surface area contributed by atoms with Gasteiger partial charge in [-0.05, 0) is 37.0 Å². The van der Waals surface area contributed by atoms with Gasteiger partial charge in [0.05, 0.1) is 22.2 Å². The first-order valence-corrected chi connectivity index (χ1v) is 10.7. The van der Waals surface area contributed by atoms with Crippen LogP contribution in [0.2, 0.25) is 0 Å². The van der Waals surface area contributed by atoms with E-state index in [1.165, 1.54) is 43.8 Å². The predicted octanol–water partition coefficient (Wildman–Crippen LogP) is 3.95. The van der Waals surface area contributed by atoms with Crippen LogP contribution in [0.25, 0.3) is 33.8 Å². The van der Waals surface area contributed by atoms with E-state index in [2.05, 4.69) is 29.9 Å². The molecule has 1 aliphatic carbocycles. The number of aromatic amines is 2. The largest absolute Gasteiger partial charge is 0.481 e. The van der Waals surface area contributed by atoms with Crippen LogP contribution in [0.5, 0.6) is 0 Å². The van der Waals surface area contributed by atoms with Crippen LogP contribution < -0.4 is 5.69 Å². The lowest BCUT2D eigenvalue weighted by Crippen LogP contribution is -2.10. The van der Waals surface area contributed by atoms with E-state index in [1.807, 2.05) is 0 Å². The minimum Gasteiger partial charge on any atom is -0.481 e. The van der Waals surface area contributed by atoms with Gasteiger partial charge in [-0.15, -0.1) is 0 Å². The molecule has 10 heteroatoms.